The Bertz CT molecular complexity index is 1680. The van der Waals surface area contributed by atoms with Gasteiger partial charge in [0.1, 0.15) is 6.61 Å². The van der Waals surface area contributed by atoms with Crippen molar-refractivity contribution in [1.29, 1.82) is 0 Å². The van der Waals surface area contributed by atoms with Crippen LogP contribution in [0.3, 0.4) is 0 Å². The van der Waals surface area contributed by atoms with Crippen LogP contribution < -0.4 is 16.0 Å². The highest BCUT2D eigenvalue weighted by atomic mass is 79.9. The molecular formula is C28H32BrN7O4. The molecular weight excluding hydrogens is 578 g/mol. The topological polar surface area (TPSA) is 122 Å². The molecule has 0 spiro atoms. The lowest BCUT2D eigenvalue weighted by atomic mass is 9.90. The number of esters is 1. The fourth-order valence-electron chi connectivity index (χ4n) is 6.56. The van der Waals surface area contributed by atoms with Crippen LogP contribution in [0.2, 0.25) is 0 Å². The average Bonchev–Trinajstić information content (AvgIpc) is 3.56. The van der Waals surface area contributed by atoms with E-state index in [1.54, 1.807) is 25.0 Å². The molecule has 4 heterocycles. The molecule has 2 fully saturated rings. The fourth-order valence-corrected chi connectivity index (χ4v) is 6.91. The quantitative estimate of drug-likeness (QED) is 0.317. The zero-order valence-corrected chi connectivity index (χ0v) is 24.3. The maximum Gasteiger partial charge on any atom is 0.339 e. The standard InChI is InChI=1S/C28H32BrN7O4/c1-33-15-18(26(38)39-3)10-20(24(33)37)21-13-31-34(2)25(21)40-9-8-35-14-17-6-7-28(12-17,16-35)36-23-5-4-19(29)11-22(23)32-27(36)30/h4-5,10-11,13,15,17H,6-9,12,14,16H2,1-3H3,(H2,30,32). The number of ether oxygens (including phenoxy) is 2. The molecule has 0 amide bonds. The summed E-state index contributed by atoms with van der Waals surface area (Å²) in [7, 11) is 4.69. The summed E-state index contributed by atoms with van der Waals surface area (Å²) in [4.78, 5) is 32.2. The van der Waals surface area contributed by atoms with Crippen molar-refractivity contribution in [3.63, 3.8) is 0 Å². The first kappa shape index (κ1) is 26.6. The number of nitrogens with zero attached hydrogens (tertiary/aromatic N) is 6. The number of aromatic nitrogens is 5. The maximum absolute atomic E-state index is 13.0. The molecule has 3 aromatic heterocycles. The number of pyridine rings is 1. The van der Waals surface area contributed by atoms with Crippen molar-refractivity contribution in [2.45, 2.75) is 24.8 Å². The molecule has 4 aromatic rings. The molecule has 6 rings (SSSR count). The lowest BCUT2D eigenvalue weighted by Crippen LogP contribution is -2.49. The van der Waals surface area contributed by atoms with Gasteiger partial charge in [-0.3, -0.25) is 9.69 Å². The van der Waals surface area contributed by atoms with E-state index >= 15 is 0 Å². The Labute approximate surface area is 239 Å². The molecule has 2 unspecified atom stereocenters. The molecule has 12 heteroatoms. The summed E-state index contributed by atoms with van der Waals surface area (Å²) >= 11 is 3.54. The van der Waals surface area contributed by atoms with Gasteiger partial charge in [-0.05, 0) is 49.4 Å². The summed E-state index contributed by atoms with van der Waals surface area (Å²) in [6.45, 7) is 2.99. The van der Waals surface area contributed by atoms with Gasteiger partial charge in [0, 0.05) is 44.4 Å². The number of rotatable bonds is 7. The van der Waals surface area contributed by atoms with Gasteiger partial charge in [0.15, 0.2) is 0 Å². The normalized spacial score (nSPS) is 20.8. The van der Waals surface area contributed by atoms with Gasteiger partial charge in [-0.15, -0.1) is 0 Å². The van der Waals surface area contributed by atoms with Crippen molar-refractivity contribution < 1.29 is 14.3 Å². The predicted octanol–water partition coefficient (Wildman–Crippen LogP) is 3.16. The van der Waals surface area contributed by atoms with Crippen LogP contribution in [0.4, 0.5) is 5.95 Å². The van der Waals surface area contributed by atoms with Crippen molar-refractivity contribution in [1.82, 2.24) is 28.8 Å². The minimum absolute atomic E-state index is 0.103. The van der Waals surface area contributed by atoms with E-state index < -0.39 is 5.97 Å². The molecule has 0 radical (unpaired) electrons. The number of nitrogen functional groups attached to an aromatic ring is 1. The molecule has 2 aliphatic rings. The molecule has 2 bridgehead atoms. The minimum atomic E-state index is -0.518. The van der Waals surface area contributed by atoms with Crippen LogP contribution in [-0.4, -0.2) is 68.1 Å². The van der Waals surface area contributed by atoms with Crippen molar-refractivity contribution >= 4 is 38.9 Å². The number of hydrogen-bond acceptors (Lipinski definition) is 8. The molecule has 1 saturated carbocycles. The highest BCUT2D eigenvalue weighted by Crippen LogP contribution is 2.47. The Morgan fingerprint density at radius 3 is 2.88 bits per heavy atom. The zero-order valence-electron chi connectivity index (χ0n) is 22.8. The second-order valence-electron chi connectivity index (χ2n) is 10.9. The van der Waals surface area contributed by atoms with Crippen LogP contribution in [0, 0.1) is 5.92 Å². The highest BCUT2D eigenvalue weighted by Gasteiger charge is 2.47. The van der Waals surface area contributed by atoms with E-state index in [0.717, 1.165) is 47.9 Å². The number of fused-ring (bicyclic) bond motifs is 3. The van der Waals surface area contributed by atoms with E-state index in [9.17, 15) is 9.59 Å². The van der Waals surface area contributed by atoms with Crippen LogP contribution in [0.1, 0.15) is 29.6 Å². The number of benzene rings is 1. The van der Waals surface area contributed by atoms with E-state index in [1.165, 1.54) is 23.9 Å². The number of piperidine rings is 1. The number of nitrogens with two attached hydrogens (primary N) is 1. The number of likely N-dealkylation sites (tertiary alicyclic amines) is 1. The number of carbonyl (C=O) groups is 1. The summed E-state index contributed by atoms with van der Waals surface area (Å²) in [6.07, 6.45) is 6.35. The SMILES string of the molecule is COC(=O)c1cc(-c2cnn(C)c2OCCN2CC3CCC(n4c(N)nc5cc(Br)ccc54)(C3)C2)c(=O)n(C)c1. The second-order valence-corrected chi connectivity index (χ2v) is 11.8. The number of aryl methyl sites for hydroxylation is 2. The number of carbonyl (C=O) groups excluding carboxylic acids is 1. The summed E-state index contributed by atoms with van der Waals surface area (Å²) in [5, 5.41) is 4.33. The van der Waals surface area contributed by atoms with E-state index in [4.69, 9.17) is 15.2 Å². The van der Waals surface area contributed by atoms with E-state index in [0.29, 0.717) is 42.0 Å². The third-order valence-electron chi connectivity index (χ3n) is 8.26. The van der Waals surface area contributed by atoms with Crippen LogP contribution in [-0.2, 0) is 24.4 Å². The summed E-state index contributed by atoms with van der Waals surface area (Å²) in [5.41, 5.74) is 9.25. The first-order chi connectivity index (χ1) is 19.2. The molecule has 1 aliphatic carbocycles. The molecule has 2 N–H and O–H groups in total. The maximum atomic E-state index is 13.0. The molecule has 210 valence electrons. The number of methoxy groups -OCH3 is 1. The van der Waals surface area contributed by atoms with Crippen LogP contribution in [0.5, 0.6) is 5.88 Å². The number of anilines is 1. The largest absolute Gasteiger partial charge is 0.476 e. The molecule has 1 saturated heterocycles. The van der Waals surface area contributed by atoms with Gasteiger partial charge in [-0.25, -0.2) is 14.5 Å². The molecule has 2 atom stereocenters. The van der Waals surface area contributed by atoms with Gasteiger partial charge >= 0.3 is 5.97 Å². The van der Waals surface area contributed by atoms with Gasteiger partial charge in [-0.2, -0.15) is 5.10 Å². The molecule has 1 aliphatic heterocycles. The van der Waals surface area contributed by atoms with E-state index in [2.05, 4.69) is 41.5 Å². The number of imidazole rings is 1. The summed E-state index contributed by atoms with van der Waals surface area (Å²) in [6, 6.07) is 7.68. The lowest BCUT2D eigenvalue weighted by Gasteiger charge is -2.42. The zero-order chi connectivity index (χ0) is 28.2. The third-order valence-corrected chi connectivity index (χ3v) is 8.76. The van der Waals surface area contributed by atoms with Gasteiger partial charge < -0.3 is 24.3 Å². The Morgan fingerprint density at radius 2 is 2.08 bits per heavy atom. The monoisotopic (exact) mass is 609 g/mol. The Hall–Kier alpha value is -3.64. The first-order valence-electron chi connectivity index (χ1n) is 13.3. The first-order valence-corrected chi connectivity index (χ1v) is 14.1. The van der Waals surface area contributed by atoms with Gasteiger partial charge in [0.05, 0.1) is 46.6 Å². The van der Waals surface area contributed by atoms with E-state index in [-0.39, 0.29) is 16.7 Å². The van der Waals surface area contributed by atoms with Gasteiger partial charge in [-0.1, -0.05) is 15.9 Å². The second kappa shape index (κ2) is 10.1. The van der Waals surface area contributed by atoms with Gasteiger partial charge in [0.2, 0.25) is 11.8 Å². The molecule has 40 heavy (non-hydrogen) atoms. The van der Waals surface area contributed by atoms with E-state index in [1.807, 2.05) is 12.1 Å². The smallest absolute Gasteiger partial charge is 0.339 e. The third kappa shape index (κ3) is 4.48. The average molecular weight is 611 g/mol. The minimum Gasteiger partial charge on any atom is -0.476 e. The molecule has 1 aromatic carbocycles. The van der Waals surface area contributed by atoms with Gasteiger partial charge in [0.25, 0.3) is 5.56 Å². The molecule has 11 nitrogen and oxygen atoms in total. The van der Waals surface area contributed by atoms with Crippen LogP contribution in [0.15, 0.2) is 45.9 Å². The van der Waals surface area contributed by atoms with Crippen molar-refractivity contribution in [3.05, 3.63) is 57.0 Å². The Kier molecular flexibility index (Phi) is 6.70. The predicted molar refractivity (Wildman–Crippen MR) is 154 cm³/mol. The highest BCUT2D eigenvalue weighted by molar-refractivity contribution is 9.10. The Morgan fingerprint density at radius 1 is 1.25 bits per heavy atom. The van der Waals surface area contributed by atoms with Crippen LogP contribution in [0.25, 0.3) is 22.2 Å². The summed E-state index contributed by atoms with van der Waals surface area (Å²) in [5.74, 6) is 1.10. The number of hydrogen-bond donors (Lipinski definition) is 1. The summed E-state index contributed by atoms with van der Waals surface area (Å²) < 4.78 is 17.3. The Balaban J connectivity index is 1.22. The van der Waals surface area contributed by atoms with Crippen molar-refractivity contribution in [2.75, 3.05) is 39.1 Å². The fraction of sp³-hybridized carbons (Fsp3) is 0.429. The van der Waals surface area contributed by atoms with Crippen molar-refractivity contribution in [2.24, 2.45) is 20.0 Å². The van der Waals surface area contributed by atoms with Crippen LogP contribution >= 0.6 is 15.9 Å². The number of halogens is 1. The lowest BCUT2D eigenvalue weighted by molar-refractivity contribution is 0.0599. The van der Waals surface area contributed by atoms with Crippen molar-refractivity contribution in [3.8, 4) is 17.0 Å².